The maximum atomic E-state index is 6.01. The first kappa shape index (κ1) is 12.9. The molecule has 2 heterocycles. The summed E-state index contributed by atoms with van der Waals surface area (Å²) >= 11 is 0. The second kappa shape index (κ2) is 5.46. The summed E-state index contributed by atoms with van der Waals surface area (Å²) in [7, 11) is 0. The van der Waals surface area contributed by atoms with Crippen molar-refractivity contribution in [1.82, 2.24) is 14.5 Å². The van der Waals surface area contributed by atoms with E-state index in [4.69, 9.17) is 11.5 Å². The van der Waals surface area contributed by atoms with Crippen molar-refractivity contribution in [3.05, 3.63) is 30.6 Å². The highest BCUT2D eigenvalue weighted by Crippen LogP contribution is 2.27. The number of anilines is 1. The lowest BCUT2D eigenvalue weighted by Gasteiger charge is -2.07. The number of nitrogen functional groups attached to an aromatic ring is 1. The molecule has 3 aromatic rings. The molecular formula is C15H19N5. The van der Waals surface area contributed by atoms with Gasteiger partial charge < -0.3 is 16.0 Å². The number of aromatic nitrogens is 3. The topological polar surface area (TPSA) is 82.8 Å². The van der Waals surface area contributed by atoms with Gasteiger partial charge in [0.25, 0.3) is 0 Å². The van der Waals surface area contributed by atoms with Gasteiger partial charge in [-0.15, -0.1) is 0 Å². The van der Waals surface area contributed by atoms with Gasteiger partial charge in [0, 0.05) is 11.9 Å². The smallest absolute Gasteiger partial charge is 0.152 e. The molecular weight excluding hydrogens is 250 g/mol. The summed E-state index contributed by atoms with van der Waals surface area (Å²) in [6.45, 7) is 1.69. The Morgan fingerprint density at radius 3 is 2.80 bits per heavy atom. The van der Waals surface area contributed by atoms with Crippen molar-refractivity contribution in [1.29, 1.82) is 0 Å². The molecule has 0 fully saturated rings. The van der Waals surface area contributed by atoms with Crippen LogP contribution in [0, 0.1) is 0 Å². The quantitative estimate of drug-likeness (QED) is 0.696. The Balaban J connectivity index is 2.05. The lowest BCUT2D eigenvalue weighted by atomic mass is 10.2. The van der Waals surface area contributed by atoms with E-state index in [0.717, 1.165) is 54.3 Å². The summed E-state index contributed by atoms with van der Waals surface area (Å²) < 4.78 is 2.17. The van der Waals surface area contributed by atoms with Crippen LogP contribution in [0.1, 0.15) is 19.3 Å². The molecule has 0 atom stereocenters. The first-order chi connectivity index (χ1) is 9.81. The number of hydrogen-bond acceptors (Lipinski definition) is 4. The zero-order valence-electron chi connectivity index (χ0n) is 11.4. The molecule has 0 aliphatic rings. The van der Waals surface area contributed by atoms with Crippen LogP contribution < -0.4 is 11.5 Å². The zero-order chi connectivity index (χ0) is 13.9. The third-order valence-electron chi connectivity index (χ3n) is 3.58. The van der Waals surface area contributed by atoms with Crippen molar-refractivity contribution in [2.75, 3.05) is 12.3 Å². The molecule has 0 bridgehead atoms. The maximum Gasteiger partial charge on any atom is 0.152 e. The normalized spacial score (nSPS) is 11.4. The Bertz CT molecular complexity index is 732. The molecule has 0 saturated heterocycles. The number of nitrogens with zero attached hydrogens (tertiary/aromatic N) is 3. The van der Waals surface area contributed by atoms with Crippen molar-refractivity contribution in [3.63, 3.8) is 0 Å². The summed E-state index contributed by atoms with van der Waals surface area (Å²) in [5, 5.41) is 1.10. The van der Waals surface area contributed by atoms with E-state index in [1.54, 1.807) is 0 Å². The molecule has 104 valence electrons. The lowest BCUT2D eigenvalue weighted by molar-refractivity contribution is 0.601. The first-order valence-electron chi connectivity index (χ1n) is 7.00. The van der Waals surface area contributed by atoms with Crippen LogP contribution in [0.4, 0.5) is 5.82 Å². The standard InChI is InChI=1S/C15H19N5/c16-8-4-1-5-9-20-10-18-13-14(20)11-6-2-3-7-12(11)19-15(13)17/h2-3,6-7,10H,1,4-5,8-9,16H2,(H2,17,19). The lowest BCUT2D eigenvalue weighted by Crippen LogP contribution is -2.01. The molecule has 2 aromatic heterocycles. The summed E-state index contributed by atoms with van der Waals surface area (Å²) in [5.74, 6) is 0.499. The van der Waals surface area contributed by atoms with Crippen LogP contribution in [-0.4, -0.2) is 21.1 Å². The molecule has 20 heavy (non-hydrogen) atoms. The Labute approximate surface area is 117 Å². The van der Waals surface area contributed by atoms with Crippen molar-refractivity contribution >= 4 is 27.8 Å². The van der Waals surface area contributed by atoms with Gasteiger partial charge in [-0.2, -0.15) is 0 Å². The Morgan fingerprint density at radius 2 is 1.95 bits per heavy atom. The van der Waals surface area contributed by atoms with Gasteiger partial charge in [0.15, 0.2) is 5.82 Å². The number of para-hydroxylation sites is 1. The fourth-order valence-electron chi connectivity index (χ4n) is 2.58. The predicted molar refractivity (Wildman–Crippen MR) is 82.4 cm³/mol. The predicted octanol–water partition coefficient (Wildman–Crippen LogP) is 2.30. The molecule has 3 rings (SSSR count). The Hall–Kier alpha value is -2.14. The van der Waals surface area contributed by atoms with Gasteiger partial charge in [0.05, 0.1) is 17.4 Å². The Kier molecular flexibility index (Phi) is 3.52. The molecule has 0 saturated carbocycles. The van der Waals surface area contributed by atoms with Gasteiger partial charge in [-0.3, -0.25) is 0 Å². The van der Waals surface area contributed by atoms with E-state index in [0.29, 0.717) is 5.82 Å². The van der Waals surface area contributed by atoms with Crippen LogP contribution >= 0.6 is 0 Å². The summed E-state index contributed by atoms with van der Waals surface area (Å²) in [6, 6.07) is 8.05. The number of pyridine rings is 1. The SMILES string of the molecule is NCCCCCn1cnc2c(N)nc3ccccc3c21. The average molecular weight is 269 g/mol. The molecule has 0 amide bonds. The van der Waals surface area contributed by atoms with Crippen LogP contribution in [0.3, 0.4) is 0 Å². The molecule has 0 radical (unpaired) electrons. The number of unbranched alkanes of at least 4 members (excludes halogenated alkanes) is 2. The summed E-state index contributed by atoms with van der Waals surface area (Å²) in [5.41, 5.74) is 14.3. The Morgan fingerprint density at radius 1 is 1.10 bits per heavy atom. The van der Waals surface area contributed by atoms with E-state index in [1.807, 2.05) is 24.5 Å². The number of fused-ring (bicyclic) bond motifs is 3. The summed E-state index contributed by atoms with van der Waals surface area (Å²) in [6.07, 6.45) is 5.16. The largest absolute Gasteiger partial charge is 0.382 e. The summed E-state index contributed by atoms with van der Waals surface area (Å²) in [4.78, 5) is 8.83. The van der Waals surface area contributed by atoms with Crippen LogP contribution in [0.2, 0.25) is 0 Å². The molecule has 1 aromatic carbocycles. The highest BCUT2D eigenvalue weighted by molar-refractivity contribution is 6.06. The monoisotopic (exact) mass is 269 g/mol. The van der Waals surface area contributed by atoms with Crippen LogP contribution in [0.25, 0.3) is 21.9 Å². The van der Waals surface area contributed by atoms with E-state index in [1.165, 1.54) is 0 Å². The number of imidazole rings is 1. The van der Waals surface area contributed by atoms with Crippen LogP contribution in [-0.2, 0) is 6.54 Å². The van der Waals surface area contributed by atoms with Crippen molar-refractivity contribution < 1.29 is 0 Å². The van der Waals surface area contributed by atoms with E-state index < -0.39 is 0 Å². The minimum absolute atomic E-state index is 0.499. The third kappa shape index (κ3) is 2.20. The van der Waals surface area contributed by atoms with E-state index in [9.17, 15) is 0 Å². The number of hydrogen-bond donors (Lipinski definition) is 2. The van der Waals surface area contributed by atoms with Gasteiger partial charge >= 0.3 is 0 Å². The van der Waals surface area contributed by atoms with Crippen molar-refractivity contribution in [2.24, 2.45) is 5.73 Å². The maximum absolute atomic E-state index is 6.01. The number of benzene rings is 1. The fraction of sp³-hybridized carbons (Fsp3) is 0.333. The number of rotatable bonds is 5. The fourth-order valence-corrected chi connectivity index (χ4v) is 2.58. The van der Waals surface area contributed by atoms with E-state index >= 15 is 0 Å². The van der Waals surface area contributed by atoms with E-state index in [2.05, 4.69) is 20.6 Å². The highest BCUT2D eigenvalue weighted by atomic mass is 15.1. The zero-order valence-corrected chi connectivity index (χ0v) is 11.4. The van der Waals surface area contributed by atoms with Crippen LogP contribution in [0.15, 0.2) is 30.6 Å². The van der Waals surface area contributed by atoms with E-state index in [-0.39, 0.29) is 0 Å². The van der Waals surface area contributed by atoms with Gasteiger partial charge in [0.1, 0.15) is 5.52 Å². The highest BCUT2D eigenvalue weighted by Gasteiger charge is 2.11. The minimum Gasteiger partial charge on any atom is -0.382 e. The van der Waals surface area contributed by atoms with Crippen molar-refractivity contribution in [3.8, 4) is 0 Å². The minimum atomic E-state index is 0.499. The van der Waals surface area contributed by atoms with Gasteiger partial charge in [0.2, 0.25) is 0 Å². The molecule has 4 N–H and O–H groups in total. The molecule has 5 nitrogen and oxygen atoms in total. The second-order valence-electron chi connectivity index (χ2n) is 5.00. The molecule has 0 spiro atoms. The van der Waals surface area contributed by atoms with Crippen LogP contribution in [0.5, 0.6) is 0 Å². The number of aryl methyl sites for hydroxylation is 1. The number of nitrogens with two attached hydrogens (primary N) is 2. The molecule has 0 aliphatic carbocycles. The molecule has 0 aliphatic heterocycles. The van der Waals surface area contributed by atoms with Gasteiger partial charge in [-0.1, -0.05) is 24.6 Å². The first-order valence-corrected chi connectivity index (χ1v) is 7.00. The van der Waals surface area contributed by atoms with Gasteiger partial charge in [-0.25, -0.2) is 9.97 Å². The third-order valence-corrected chi connectivity index (χ3v) is 3.58. The average Bonchev–Trinajstić information content (AvgIpc) is 2.89. The molecule has 0 unspecified atom stereocenters. The molecule has 5 heteroatoms. The van der Waals surface area contributed by atoms with Crippen molar-refractivity contribution in [2.45, 2.75) is 25.8 Å². The second-order valence-corrected chi connectivity index (χ2v) is 5.00. The van der Waals surface area contributed by atoms with Gasteiger partial charge in [-0.05, 0) is 25.5 Å².